The van der Waals surface area contributed by atoms with Crippen LogP contribution in [0.1, 0.15) is 16.7 Å². The highest BCUT2D eigenvalue weighted by Crippen LogP contribution is 2.31. The highest BCUT2D eigenvalue weighted by Gasteiger charge is 2.25. The van der Waals surface area contributed by atoms with Crippen molar-refractivity contribution in [1.29, 1.82) is 0 Å². The Balaban J connectivity index is 1.94. The SMILES string of the molecule is COc1ccc(C=C2N=C(c3ccccc3C)OC2=O)cc1OC(F)F. The van der Waals surface area contributed by atoms with Crippen molar-refractivity contribution in [2.75, 3.05) is 7.11 Å². The summed E-state index contributed by atoms with van der Waals surface area (Å²) in [5, 5.41) is 0. The zero-order chi connectivity index (χ0) is 18.7. The van der Waals surface area contributed by atoms with Crippen LogP contribution in [0, 0.1) is 6.92 Å². The fraction of sp³-hybridized carbons (Fsp3) is 0.158. The van der Waals surface area contributed by atoms with Crippen LogP contribution in [0.4, 0.5) is 8.78 Å². The van der Waals surface area contributed by atoms with Gasteiger partial charge in [-0.25, -0.2) is 9.79 Å². The van der Waals surface area contributed by atoms with Crippen molar-refractivity contribution in [3.63, 3.8) is 0 Å². The Hall–Kier alpha value is -3.22. The van der Waals surface area contributed by atoms with Gasteiger partial charge in [-0.15, -0.1) is 0 Å². The van der Waals surface area contributed by atoms with E-state index >= 15 is 0 Å². The third-order valence-corrected chi connectivity index (χ3v) is 3.70. The van der Waals surface area contributed by atoms with Gasteiger partial charge in [0.05, 0.1) is 7.11 Å². The maximum Gasteiger partial charge on any atom is 0.387 e. The zero-order valence-electron chi connectivity index (χ0n) is 14.0. The molecule has 1 heterocycles. The van der Waals surface area contributed by atoms with Crippen molar-refractivity contribution in [1.82, 2.24) is 0 Å². The molecular weight excluding hydrogens is 344 g/mol. The minimum atomic E-state index is -2.99. The van der Waals surface area contributed by atoms with Gasteiger partial charge in [0.2, 0.25) is 5.90 Å². The molecular formula is C19H15F2NO4. The van der Waals surface area contributed by atoms with Crippen LogP contribution in [0.15, 0.2) is 53.2 Å². The number of alkyl halides is 2. The molecule has 1 aliphatic heterocycles. The summed E-state index contributed by atoms with van der Waals surface area (Å²) in [7, 11) is 1.35. The lowest BCUT2D eigenvalue weighted by Crippen LogP contribution is -2.06. The molecule has 1 aliphatic rings. The number of hydrogen-bond donors (Lipinski definition) is 0. The first kappa shape index (κ1) is 17.6. The van der Waals surface area contributed by atoms with Gasteiger partial charge in [0.1, 0.15) is 0 Å². The molecule has 0 aliphatic carbocycles. The summed E-state index contributed by atoms with van der Waals surface area (Å²) < 4.78 is 39.7. The number of ether oxygens (including phenoxy) is 3. The molecule has 3 rings (SSSR count). The number of carbonyl (C=O) groups is 1. The third kappa shape index (κ3) is 3.72. The van der Waals surface area contributed by atoms with Gasteiger partial charge in [0.25, 0.3) is 0 Å². The molecule has 26 heavy (non-hydrogen) atoms. The number of halogens is 2. The second-order valence-electron chi connectivity index (χ2n) is 5.44. The Morgan fingerprint density at radius 3 is 2.62 bits per heavy atom. The largest absolute Gasteiger partial charge is 0.493 e. The van der Waals surface area contributed by atoms with Crippen molar-refractivity contribution in [2.24, 2.45) is 4.99 Å². The second-order valence-corrected chi connectivity index (χ2v) is 5.44. The Morgan fingerprint density at radius 2 is 1.92 bits per heavy atom. The number of aliphatic imine (C=N–C) groups is 1. The lowest BCUT2D eigenvalue weighted by atomic mass is 10.1. The average molecular weight is 359 g/mol. The molecule has 0 saturated heterocycles. The van der Waals surface area contributed by atoms with Crippen molar-refractivity contribution < 1.29 is 27.8 Å². The van der Waals surface area contributed by atoms with Gasteiger partial charge in [-0.05, 0) is 42.3 Å². The van der Waals surface area contributed by atoms with Crippen LogP contribution in [0.3, 0.4) is 0 Å². The predicted molar refractivity (Wildman–Crippen MR) is 91.4 cm³/mol. The number of hydrogen-bond acceptors (Lipinski definition) is 5. The fourth-order valence-corrected chi connectivity index (χ4v) is 2.47. The first-order chi connectivity index (χ1) is 12.5. The number of methoxy groups -OCH3 is 1. The Kier molecular flexibility index (Phi) is 4.97. The number of rotatable bonds is 5. The van der Waals surface area contributed by atoms with E-state index < -0.39 is 12.6 Å². The molecule has 0 spiro atoms. The van der Waals surface area contributed by atoms with Gasteiger partial charge < -0.3 is 14.2 Å². The molecule has 0 aromatic heterocycles. The van der Waals surface area contributed by atoms with E-state index in [1.54, 1.807) is 12.1 Å². The summed E-state index contributed by atoms with van der Waals surface area (Å²) in [6, 6.07) is 11.8. The topological polar surface area (TPSA) is 57.1 Å². The third-order valence-electron chi connectivity index (χ3n) is 3.70. The average Bonchev–Trinajstić information content (AvgIpc) is 2.95. The van der Waals surface area contributed by atoms with E-state index in [0.717, 1.165) is 5.56 Å². The van der Waals surface area contributed by atoms with Crippen molar-refractivity contribution in [2.45, 2.75) is 13.5 Å². The van der Waals surface area contributed by atoms with Gasteiger partial charge in [-0.2, -0.15) is 8.78 Å². The van der Waals surface area contributed by atoms with E-state index in [4.69, 9.17) is 9.47 Å². The van der Waals surface area contributed by atoms with Gasteiger partial charge in [-0.3, -0.25) is 0 Å². The minimum absolute atomic E-state index is 0.0661. The first-order valence-electron chi connectivity index (χ1n) is 7.69. The van der Waals surface area contributed by atoms with Gasteiger partial charge in [-0.1, -0.05) is 24.3 Å². The van der Waals surface area contributed by atoms with Crippen LogP contribution < -0.4 is 9.47 Å². The molecule has 134 valence electrons. The van der Waals surface area contributed by atoms with Crippen LogP contribution in [0.5, 0.6) is 11.5 Å². The van der Waals surface area contributed by atoms with Crippen molar-refractivity contribution >= 4 is 17.9 Å². The van der Waals surface area contributed by atoms with Crippen LogP contribution in [-0.4, -0.2) is 25.6 Å². The number of cyclic esters (lactones) is 1. The van der Waals surface area contributed by atoms with Crippen LogP contribution in [-0.2, 0) is 9.53 Å². The van der Waals surface area contributed by atoms with E-state index in [1.165, 1.54) is 25.3 Å². The zero-order valence-corrected chi connectivity index (χ0v) is 14.0. The van der Waals surface area contributed by atoms with Gasteiger partial charge in [0, 0.05) is 5.56 Å². The monoisotopic (exact) mass is 359 g/mol. The molecule has 2 aromatic rings. The first-order valence-corrected chi connectivity index (χ1v) is 7.69. The highest BCUT2D eigenvalue weighted by atomic mass is 19.3. The van der Waals surface area contributed by atoms with E-state index in [2.05, 4.69) is 9.73 Å². The normalized spacial score (nSPS) is 15.2. The molecule has 0 atom stereocenters. The molecule has 0 N–H and O–H groups in total. The van der Waals surface area contributed by atoms with E-state index in [9.17, 15) is 13.6 Å². The molecule has 0 fully saturated rings. The highest BCUT2D eigenvalue weighted by molar-refractivity contribution is 6.13. The van der Waals surface area contributed by atoms with E-state index in [-0.39, 0.29) is 23.1 Å². The standard InChI is InChI=1S/C19H15F2NO4/c1-11-5-3-4-6-13(11)17-22-14(18(23)26-17)9-12-7-8-15(24-2)16(10-12)25-19(20)21/h3-10,19H,1-2H3. The van der Waals surface area contributed by atoms with Crippen LogP contribution in [0.25, 0.3) is 6.08 Å². The molecule has 5 nitrogen and oxygen atoms in total. The van der Waals surface area contributed by atoms with Crippen LogP contribution >= 0.6 is 0 Å². The predicted octanol–water partition coefficient (Wildman–Crippen LogP) is 3.95. The van der Waals surface area contributed by atoms with Gasteiger partial charge in [0.15, 0.2) is 17.2 Å². The summed E-state index contributed by atoms with van der Waals surface area (Å²) in [6.07, 6.45) is 1.44. The minimum Gasteiger partial charge on any atom is -0.493 e. The van der Waals surface area contributed by atoms with E-state index in [0.29, 0.717) is 11.1 Å². The number of aryl methyl sites for hydroxylation is 1. The summed E-state index contributed by atoms with van der Waals surface area (Å²) in [4.78, 5) is 16.3. The Bertz CT molecular complexity index is 906. The summed E-state index contributed by atoms with van der Waals surface area (Å²) >= 11 is 0. The van der Waals surface area contributed by atoms with Crippen LogP contribution in [0.2, 0.25) is 0 Å². The molecule has 0 saturated carbocycles. The number of carbonyl (C=O) groups excluding carboxylic acids is 1. The molecule has 7 heteroatoms. The summed E-state index contributed by atoms with van der Waals surface area (Å²) in [5.41, 5.74) is 2.14. The molecule has 0 radical (unpaired) electrons. The molecule has 0 unspecified atom stereocenters. The molecule has 2 aromatic carbocycles. The lowest BCUT2D eigenvalue weighted by molar-refractivity contribution is -0.129. The number of benzene rings is 2. The smallest absolute Gasteiger partial charge is 0.387 e. The fourth-order valence-electron chi connectivity index (χ4n) is 2.47. The Labute approximate surface area is 148 Å². The van der Waals surface area contributed by atoms with Crippen molar-refractivity contribution in [3.05, 3.63) is 64.9 Å². The van der Waals surface area contributed by atoms with Crippen molar-refractivity contribution in [3.8, 4) is 11.5 Å². The quantitative estimate of drug-likeness (QED) is 0.599. The second kappa shape index (κ2) is 7.35. The summed E-state index contributed by atoms with van der Waals surface area (Å²) in [5.74, 6) is -0.385. The van der Waals surface area contributed by atoms with E-state index in [1.807, 2.05) is 25.1 Å². The molecule has 0 bridgehead atoms. The maximum atomic E-state index is 12.5. The maximum absolute atomic E-state index is 12.5. The Morgan fingerprint density at radius 1 is 1.15 bits per heavy atom. The lowest BCUT2D eigenvalue weighted by Gasteiger charge is -2.10. The number of nitrogens with zero attached hydrogens (tertiary/aromatic N) is 1. The van der Waals surface area contributed by atoms with Gasteiger partial charge >= 0.3 is 12.6 Å². The molecule has 0 amide bonds. The number of esters is 1. The summed E-state index contributed by atoms with van der Waals surface area (Å²) in [6.45, 7) is -1.11.